The molecule has 0 fully saturated rings. The van der Waals surface area contributed by atoms with Crippen molar-refractivity contribution in [3.8, 4) is 17.1 Å². The first-order valence-electron chi connectivity index (χ1n) is 7.26. The van der Waals surface area contributed by atoms with Crippen LogP contribution in [0.3, 0.4) is 0 Å². The van der Waals surface area contributed by atoms with Crippen molar-refractivity contribution in [2.24, 2.45) is 0 Å². The van der Waals surface area contributed by atoms with Gasteiger partial charge in [-0.05, 0) is 42.5 Å². The van der Waals surface area contributed by atoms with Crippen LogP contribution in [0.5, 0.6) is 5.75 Å². The summed E-state index contributed by atoms with van der Waals surface area (Å²) in [6, 6.07) is 11.2. The molecular weight excluding hydrogens is 313 g/mol. The van der Waals surface area contributed by atoms with Gasteiger partial charge in [-0.1, -0.05) is 5.16 Å². The summed E-state index contributed by atoms with van der Waals surface area (Å²) in [4.78, 5) is 8.57. The molecule has 4 rings (SSSR count). The molecule has 0 atom stereocenters. The maximum absolute atomic E-state index is 12.8. The number of fused-ring (bicyclic) bond motifs is 1. The molecule has 0 aliphatic heterocycles. The van der Waals surface area contributed by atoms with E-state index in [0.29, 0.717) is 28.9 Å². The molecule has 2 aromatic carbocycles. The van der Waals surface area contributed by atoms with E-state index in [2.05, 4.69) is 15.1 Å². The molecule has 0 amide bonds. The molecule has 0 aliphatic carbocycles. The third-order valence-electron chi connectivity index (χ3n) is 3.40. The third-order valence-corrected chi connectivity index (χ3v) is 3.40. The molecular formula is C17H12FN3O3. The zero-order valence-corrected chi connectivity index (χ0v) is 12.7. The summed E-state index contributed by atoms with van der Waals surface area (Å²) in [6.07, 6.45) is 0. The predicted octanol–water partition coefficient (Wildman–Crippen LogP) is 3.90. The fourth-order valence-electron chi connectivity index (χ4n) is 2.29. The van der Waals surface area contributed by atoms with Crippen LogP contribution in [0.25, 0.3) is 22.5 Å². The topological polar surface area (TPSA) is 74.2 Å². The van der Waals surface area contributed by atoms with E-state index >= 15 is 0 Å². The van der Waals surface area contributed by atoms with E-state index in [4.69, 9.17) is 13.7 Å². The van der Waals surface area contributed by atoms with Crippen molar-refractivity contribution in [2.75, 3.05) is 0 Å². The van der Waals surface area contributed by atoms with Crippen LogP contribution < -0.4 is 4.74 Å². The second kappa shape index (κ2) is 5.77. The van der Waals surface area contributed by atoms with Crippen LogP contribution in [0.2, 0.25) is 0 Å². The minimum atomic E-state index is -0.319. The number of aromatic nitrogens is 3. The van der Waals surface area contributed by atoms with Crippen molar-refractivity contribution in [2.45, 2.75) is 13.5 Å². The molecule has 7 heteroatoms. The lowest BCUT2D eigenvalue weighted by molar-refractivity contribution is 0.242. The van der Waals surface area contributed by atoms with E-state index in [-0.39, 0.29) is 12.4 Å². The minimum absolute atomic E-state index is 0.101. The van der Waals surface area contributed by atoms with Gasteiger partial charge >= 0.3 is 0 Å². The van der Waals surface area contributed by atoms with Gasteiger partial charge in [-0.2, -0.15) is 4.98 Å². The van der Waals surface area contributed by atoms with Crippen LogP contribution in [0.15, 0.2) is 51.4 Å². The van der Waals surface area contributed by atoms with Gasteiger partial charge < -0.3 is 13.7 Å². The molecule has 4 aromatic rings. The van der Waals surface area contributed by atoms with Crippen LogP contribution in [-0.2, 0) is 6.61 Å². The molecule has 0 saturated heterocycles. The minimum Gasteiger partial charge on any atom is -0.484 e. The summed E-state index contributed by atoms with van der Waals surface area (Å²) in [5, 5.41) is 3.94. The maximum atomic E-state index is 12.8. The number of oxazole rings is 1. The Bertz CT molecular complexity index is 992. The Hall–Kier alpha value is -3.22. The fraction of sp³-hybridized carbons (Fsp3) is 0.118. The van der Waals surface area contributed by atoms with Crippen LogP contribution >= 0.6 is 0 Å². The average Bonchev–Trinajstić information content (AvgIpc) is 3.19. The molecule has 24 heavy (non-hydrogen) atoms. The molecule has 120 valence electrons. The summed E-state index contributed by atoms with van der Waals surface area (Å²) < 4.78 is 28.9. The summed E-state index contributed by atoms with van der Waals surface area (Å²) in [5.74, 6) is 1.57. The standard InChI is InChI=1S/C17H12FN3O3/c1-10-19-14-8-11(2-7-15(14)23-10)17-20-16(24-21-17)9-22-13-5-3-12(18)4-6-13/h2-8H,9H2,1H3. The van der Waals surface area contributed by atoms with E-state index in [0.717, 1.165) is 11.1 Å². The molecule has 0 aliphatic rings. The first-order valence-corrected chi connectivity index (χ1v) is 7.26. The van der Waals surface area contributed by atoms with E-state index < -0.39 is 0 Å². The van der Waals surface area contributed by atoms with E-state index in [1.54, 1.807) is 6.92 Å². The number of halogens is 1. The lowest BCUT2D eigenvalue weighted by Gasteiger charge is -2.01. The Morgan fingerprint density at radius 2 is 1.92 bits per heavy atom. The number of ether oxygens (including phenoxy) is 1. The Balaban J connectivity index is 1.51. The maximum Gasteiger partial charge on any atom is 0.264 e. The monoisotopic (exact) mass is 325 g/mol. The van der Waals surface area contributed by atoms with Gasteiger partial charge in [0.1, 0.15) is 17.1 Å². The number of nitrogens with zero attached hydrogens (tertiary/aromatic N) is 3. The van der Waals surface area contributed by atoms with Crippen molar-refractivity contribution in [1.29, 1.82) is 0 Å². The highest BCUT2D eigenvalue weighted by atomic mass is 19.1. The quantitative estimate of drug-likeness (QED) is 0.566. The zero-order valence-electron chi connectivity index (χ0n) is 12.7. The van der Waals surface area contributed by atoms with E-state index in [1.165, 1.54) is 24.3 Å². The summed E-state index contributed by atoms with van der Waals surface area (Å²) in [5.41, 5.74) is 2.21. The number of aryl methyl sites for hydroxylation is 1. The van der Waals surface area contributed by atoms with Gasteiger partial charge in [-0.15, -0.1) is 0 Å². The smallest absolute Gasteiger partial charge is 0.264 e. The van der Waals surface area contributed by atoms with Crippen molar-refractivity contribution in [1.82, 2.24) is 15.1 Å². The van der Waals surface area contributed by atoms with E-state index in [9.17, 15) is 4.39 Å². The SMILES string of the molecule is Cc1nc2cc(-c3noc(COc4ccc(F)cc4)n3)ccc2o1. The number of hydrogen-bond acceptors (Lipinski definition) is 6. The molecule has 0 saturated carbocycles. The van der Waals surface area contributed by atoms with Gasteiger partial charge in [0, 0.05) is 12.5 Å². The molecule has 0 radical (unpaired) electrons. The zero-order chi connectivity index (χ0) is 16.5. The number of hydrogen-bond donors (Lipinski definition) is 0. The molecule has 0 N–H and O–H groups in total. The van der Waals surface area contributed by atoms with Crippen molar-refractivity contribution < 1.29 is 18.1 Å². The Kier molecular flexibility index (Phi) is 3.45. The van der Waals surface area contributed by atoms with Gasteiger partial charge in [0.05, 0.1) is 0 Å². The van der Waals surface area contributed by atoms with Crippen LogP contribution in [0.1, 0.15) is 11.8 Å². The molecule has 2 aromatic heterocycles. The molecule has 6 nitrogen and oxygen atoms in total. The average molecular weight is 325 g/mol. The number of benzene rings is 2. The Morgan fingerprint density at radius 1 is 1.08 bits per heavy atom. The first-order chi connectivity index (χ1) is 11.7. The second-order valence-electron chi connectivity index (χ2n) is 5.17. The van der Waals surface area contributed by atoms with Crippen LogP contribution in [0.4, 0.5) is 4.39 Å². The molecule has 0 bridgehead atoms. The Labute approximate surface area is 135 Å². The van der Waals surface area contributed by atoms with Crippen molar-refractivity contribution in [3.05, 3.63) is 60.1 Å². The molecule has 0 unspecified atom stereocenters. The molecule has 0 spiro atoms. The van der Waals surface area contributed by atoms with Gasteiger partial charge in [0.15, 0.2) is 18.1 Å². The highest BCUT2D eigenvalue weighted by Crippen LogP contribution is 2.23. The molecule has 2 heterocycles. The van der Waals surface area contributed by atoms with Gasteiger partial charge in [0.25, 0.3) is 5.89 Å². The van der Waals surface area contributed by atoms with Crippen LogP contribution in [-0.4, -0.2) is 15.1 Å². The summed E-state index contributed by atoms with van der Waals surface area (Å²) >= 11 is 0. The predicted molar refractivity (Wildman–Crippen MR) is 82.8 cm³/mol. The normalized spacial score (nSPS) is 11.1. The van der Waals surface area contributed by atoms with Gasteiger partial charge in [-0.25, -0.2) is 9.37 Å². The lowest BCUT2D eigenvalue weighted by Crippen LogP contribution is -1.95. The highest BCUT2D eigenvalue weighted by molar-refractivity contribution is 5.78. The summed E-state index contributed by atoms with van der Waals surface area (Å²) in [7, 11) is 0. The largest absolute Gasteiger partial charge is 0.484 e. The first kappa shape index (κ1) is 14.4. The lowest BCUT2D eigenvalue weighted by atomic mass is 10.2. The second-order valence-corrected chi connectivity index (χ2v) is 5.17. The van der Waals surface area contributed by atoms with Crippen molar-refractivity contribution >= 4 is 11.1 Å². The van der Waals surface area contributed by atoms with Crippen molar-refractivity contribution in [3.63, 3.8) is 0 Å². The highest BCUT2D eigenvalue weighted by Gasteiger charge is 2.11. The number of rotatable bonds is 4. The Morgan fingerprint density at radius 3 is 2.75 bits per heavy atom. The summed E-state index contributed by atoms with van der Waals surface area (Å²) in [6.45, 7) is 1.89. The van der Waals surface area contributed by atoms with Gasteiger partial charge in [-0.3, -0.25) is 0 Å². The third kappa shape index (κ3) is 2.83. The van der Waals surface area contributed by atoms with Gasteiger partial charge in [0.2, 0.25) is 5.82 Å². The fourth-order valence-corrected chi connectivity index (χ4v) is 2.29. The van der Waals surface area contributed by atoms with Crippen LogP contribution in [0, 0.1) is 12.7 Å². The van der Waals surface area contributed by atoms with E-state index in [1.807, 2.05) is 18.2 Å².